The number of anilines is 1. The Hall–Kier alpha value is -1.20. The van der Waals surface area contributed by atoms with Crippen molar-refractivity contribution in [2.45, 2.75) is 45.1 Å². The number of hydrogen-bond donors (Lipinski definition) is 1. The van der Waals surface area contributed by atoms with Gasteiger partial charge in [0.25, 0.3) is 0 Å². The Balaban J connectivity index is 1.82. The molecule has 1 aliphatic carbocycles. The first-order valence-electron chi connectivity index (χ1n) is 7.90. The maximum Gasteiger partial charge on any atom is 0.141 e. The summed E-state index contributed by atoms with van der Waals surface area (Å²) in [6.45, 7) is 4.03. The summed E-state index contributed by atoms with van der Waals surface area (Å²) in [5.41, 5.74) is 1.48. The summed E-state index contributed by atoms with van der Waals surface area (Å²) in [5.74, 6) is 1.82. The van der Waals surface area contributed by atoms with Gasteiger partial charge >= 0.3 is 0 Å². The Morgan fingerprint density at radius 2 is 2.24 bits per heavy atom. The van der Waals surface area contributed by atoms with Crippen LogP contribution in [-0.2, 0) is 12.8 Å². The molecule has 2 aromatic heterocycles. The molecule has 2 atom stereocenters. The lowest BCUT2D eigenvalue weighted by molar-refractivity contribution is 0.154. The number of piperidine rings is 1. The third kappa shape index (κ3) is 2.32. The summed E-state index contributed by atoms with van der Waals surface area (Å²) in [6.07, 6.45) is 6.99. The molecule has 4 rings (SSSR count). The molecule has 3 heterocycles. The van der Waals surface area contributed by atoms with Crippen LogP contribution in [0.25, 0.3) is 10.2 Å². The summed E-state index contributed by atoms with van der Waals surface area (Å²) in [4.78, 5) is 14.0. The second-order valence-electron chi connectivity index (χ2n) is 6.47. The first-order valence-corrected chi connectivity index (χ1v) is 8.72. The number of hydrogen-bond acceptors (Lipinski definition) is 5. The highest BCUT2D eigenvalue weighted by molar-refractivity contribution is 7.19. The largest absolute Gasteiger partial charge is 0.391 e. The lowest BCUT2D eigenvalue weighted by Gasteiger charge is -2.31. The molecule has 2 aromatic rings. The monoisotopic (exact) mass is 303 g/mol. The standard InChI is InChI=1S/C16H21N3OS/c1-10-4-5-12-13(7-10)21-16-14(12)15(17-9-18-16)19-6-2-3-11(20)8-19/h9-11,20H,2-8H2,1H3/t10-,11-/m1/s1. The van der Waals surface area contributed by atoms with Gasteiger partial charge in [0, 0.05) is 18.0 Å². The highest BCUT2D eigenvalue weighted by atomic mass is 32.1. The van der Waals surface area contributed by atoms with Crippen molar-refractivity contribution < 1.29 is 5.11 Å². The minimum atomic E-state index is -0.224. The van der Waals surface area contributed by atoms with E-state index in [9.17, 15) is 5.11 Å². The first-order chi connectivity index (χ1) is 10.2. The fourth-order valence-corrected chi connectivity index (χ4v) is 4.99. The van der Waals surface area contributed by atoms with E-state index in [1.165, 1.54) is 28.7 Å². The van der Waals surface area contributed by atoms with E-state index in [-0.39, 0.29) is 6.10 Å². The van der Waals surface area contributed by atoms with Crippen LogP contribution in [0.1, 0.15) is 36.6 Å². The van der Waals surface area contributed by atoms with Crippen LogP contribution >= 0.6 is 11.3 Å². The van der Waals surface area contributed by atoms with Gasteiger partial charge in [-0.25, -0.2) is 9.97 Å². The highest BCUT2D eigenvalue weighted by Gasteiger charge is 2.26. The zero-order chi connectivity index (χ0) is 14.4. The number of thiophene rings is 1. The molecule has 2 aliphatic rings. The summed E-state index contributed by atoms with van der Waals surface area (Å²) >= 11 is 1.84. The van der Waals surface area contributed by atoms with Gasteiger partial charge in [-0.2, -0.15) is 0 Å². The highest BCUT2D eigenvalue weighted by Crippen LogP contribution is 2.40. The molecule has 0 spiro atoms. The number of β-amino-alcohol motifs (C(OH)–C–C–N with tert-alkyl or cyclic N) is 1. The van der Waals surface area contributed by atoms with Crippen molar-refractivity contribution in [3.63, 3.8) is 0 Å². The maximum absolute atomic E-state index is 9.95. The third-order valence-corrected chi connectivity index (χ3v) is 5.93. The van der Waals surface area contributed by atoms with Crippen LogP contribution in [0.5, 0.6) is 0 Å². The molecular formula is C16H21N3OS. The summed E-state index contributed by atoms with van der Waals surface area (Å²) in [7, 11) is 0. The Kier molecular flexibility index (Phi) is 3.34. The number of aromatic nitrogens is 2. The van der Waals surface area contributed by atoms with Crippen LogP contribution in [0, 0.1) is 5.92 Å². The van der Waals surface area contributed by atoms with E-state index in [0.29, 0.717) is 6.54 Å². The van der Waals surface area contributed by atoms with Gasteiger partial charge in [-0.05, 0) is 43.6 Å². The number of aliphatic hydroxyl groups excluding tert-OH is 1. The molecule has 5 heteroatoms. The lowest BCUT2D eigenvalue weighted by atomic mass is 9.89. The lowest BCUT2D eigenvalue weighted by Crippen LogP contribution is -2.38. The molecule has 0 aromatic carbocycles. The fraction of sp³-hybridized carbons (Fsp3) is 0.625. The van der Waals surface area contributed by atoms with Gasteiger partial charge in [-0.1, -0.05) is 6.92 Å². The summed E-state index contributed by atoms with van der Waals surface area (Å²) in [5, 5.41) is 11.2. The number of aliphatic hydroxyl groups is 1. The van der Waals surface area contributed by atoms with E-state index in [0.717, 1.165) is 42.4 Å². The summed E-state index contributed by atoms with van der Waals surface area (Å²) in [6, 6.07) is 0. The normalized spacial score (nSPS) is 26.1. The molecule has 0 unspecified atom stereocenters. The Labute approximate surface area is 128 Å². The van der Waals surface area contributed by atoms with Gasteiger partial charge in [-0.15, -0.1) is 11.3 Å². The van der Waals surface area contributed by atoms with Crippen LogP contribution in [0.2, 0.25) is 0 Å². The van der Waals surface area contributed by atoms with Crippen molar-refractivity contribution in [3.05, 3.63) is 16.8 Å². The molecule has 1 fully saturated rings. The van der Waals surface area contributed by atoms with Gasteiger partial charge in [-0.3, -0.25) is 0 Å². The molecule has 21 heavy (non-hydrogen) atoms. The molecule has 1 saturated heterocycles. The van der Waals surface area contributed by atoms with E-state index in [1.54, 1.807) is 6.33 Å². The minimum Gasteiger partial charge on any atom is -0.391 e. The molecule has 0 saturated carbocycles. The number of rotatable bonds is 1. The number of nitrogens with zero attached hydrogens (tertiary/aromatic N) is 3. The van der Waals surface area contributed by atoms with Gasteiger partial charge in [0.2, 0.25) is 0 Å². The van der Waals surface area contributed by atoms with Gasteiger partial charge in [0.1, 0.15) is 17.0 Å². The molecule has 1 aliphatic heterocycles. The Morgan fingerprint density at radius 1 is 1.33 bits per heavy atom. The average molecular weight is 303 g/mol. The zero-order valence-corrected chi connectivity index (χ0v) is 13.2. The van der Waals surface area contributed by atoms with E-state index in [1.807, 2.05) is 11.3 Å². The van der Waals surface area contributed by atoms with E-state index in [2.05, 4.69) is 21.8 Å². The molecule has 0 radical (unpaired) electrons. The predicted molar refractivity (Wildman–Crippen MR) is 86.1 cm³/mol. The molecule has 0 amide bonds. The van der Waals surface area contributed by atoms with Crippen molar-refractivity contribution in [2.75, 3.05) is 18.0 Å². The van der Waals surface area contributed by atoms with Gasteiger partial charge < -0.3 is 10.0 Å². The van der Waals surface area contributed by atoms with Crippen molar-refractivity contribution in [1.82, 2.24) is 9.97 Å². The average Bonchev–Trinajstić information content (AvgIpc) is 2.84. The van der Waals surface area contributed by atoms with Gasteiger partial charge in [0.15, 0.2) is 0 Å². The number of fused-ring (bicyclic) bond motifs is 3. The van der Waals surface area contributed by atoms with Crippen molar-refractivity contribution in [2.24, 2.45) is 5.92 Å². The fourth-order valence-electron chi connectivity index (χ4n) is 3.65. The van der Waals surface area contributed by atoms with Crippen LogP contribution in [-0.4, -0.2) is 34.3 Å². The molecule has 1 N–H and O–H groups in total. The van der Waals surface area contributed by atoms with Crippen molar-refractivity contribution >= 4 is 27.4 Å². The quantitative estimate of drug-likeness (QED) is 0.880. The predicted octanol–water partition coefficient (Wildman–Crippen LogP) is 2.78. The first kappa shape index (κ1) is 13.5. The maximum atomic E-state index is 9.95. The topological polar surface area (TPSA) is 49.2 Å². The van der Waals surface area contributed by atoms with E-state index >= 15 is 0 Å². The van der Waals surface area contributed by atoms with Crippen LogP contribution in [0.15, 0.2) is 6.33 Å². The van der Waals surface area contributed by atoms with Crippen LogP contribution < -0.4 is 4.90 Å². The van der Waals surface area contributed by atoms with Gasteiger partial charge in [0.05, 0.1) is 11.5 Å². The molecular weight excluding hydrogens is 282 g/mol. The Morgan fingerprint density at radius 3 is 3.10 bits per heavy atom. The zero-order valence-electron chi connectivity index (χ0n) is 12.4. The van der Waals surface area contributed by atoms with Crippen molar-refractivity contribution in [1.29, 1.82) is 0 Å². The third-order valence-electron chi connectivity index (χ3n) is 4.77. The molecule has 4 nitrogen and oxygen atoms in total. The smallest absolute Gasteiger partial charge is 0.141 e. The SMILES string of the molecule is C[C@@H]1CCc2c(sc3ncnc(N4CCC[C@@H](O)C4)c23)C1. The molecule has 112 valence electrons. The molecule has 0 bridgehead atoms. The van der Waals surface area contributed by atoms with E-state index < -0.39 is 0 Å². The van der Waals surface area contributed by atoms with Crippen LogP contribution in [0.3, 0.4) is 0 Å². The number of aryl methyl sites for hydroxylation is 1. The second kappa shape index (κ2) is 5.21. The Bertz CT molecular complexity index is 669. The second-order valence-corrected chi connectivity index (χ2v) is 7.55. The minimum absolute atomic E-state index is 0.224. The van der Waals surface area contributed by atoms with Crippen LogP contribution in [0.4, 0.5) is 5.82 Å². The summed E-state index contributed by atoms with van der Waals surface area (Å²) < 4.78 is 0. The van der Waals surface area contributed by atoms with Crippen molar-refractivity contribution in [3.8, 4) is 0 Å². The van der Waals surface area contributed by atoms with E-state index in [4.69, 9.17) is 0 Å².